The number of hydrogen-bond acceptors (Lipinski definition) is 3. The lowest BCUT2D eigenvalue weighted by molar-refractivity contribution is -0.111. The summed E-state index contributed by atoms with van der Waals surface area (Å²) in [6.45, 7) is 1.83. The Morgan fingerprint density at radius 1 is 1.50 bits per heavy atom. The van der Waals surface area contributed by atoms with Crippen molar-refractivity contribution in [2.24, 2.45) is 0 Å². The highest BCUT2D eigenvalue weighted by atomic mass is 16.4. The van der Waals surface area contributed by atoms with Crippen LogP contribution >= 0.6 is 0 Å². The Kier molecular flexibility index (Phi) is 4.02. The number of allylic oxidation sites excluding steroid dienone is 3. The number of nitrogens with zero attached hydrogens (tertiary/aromatic N) is 1. The van der Waals surface area contributed by atoms with Gasteiger partial charge < -0.3 is 10.4 Å². The van der Waals surface area contributed by atoms with Gasteiger partial charge in [0.05, 0.1) is 0 Å². The summed E-state index contributed by atoms with van der Waals surface area (Å²) in [5.41, 5.74) is -0.0762. The van der Waals surface area contributed by atoms with Crippen LogP contribution < -0.4 is 5.32 Å². The van der Waals surface area contributed by atoms with Crippen LogP contribution in [0.4, 0.5) is 5.82 Å². The maximum Gasteiger partial charge on any atom is 0.353 e. The van der Waals surface area contributed by atoms with Crippen molar-refractivity contribution < 1.29 is 14.7 Å². The summed E-state index contributed by atoms with van der Waals surface area (Å²) >= 11 is 0. The average molecular weight is 221 g/mol. The molecule has 84 valence electrons. The van der Waals surface area contributed by atoms with E-state index in [9.17, 15) is 9.59 Å². The molecule has 1 aromatic heterocycles. The molecule has 6 heteroatoms. The predicted octanol–water partition coefficient (Wildman–Crippen LogP) is 1.18. The molecule has 6 nitrogen and oxygen atoms in total. The van der Waals surface area contributed by atoms with Crippen LogP contribution in [0.15, 0.2) is 30.4 Å². The Morgan fingerprint density at radius 2 is 2.25 bits per heavy atom. The number of rotatable bonds is 4. The second-order valence-electron chi connectivity index (χ2n) is 2.85. The standard InChI is InChI=1S/C10H11N3O3/c1-2-3-4-5-9(14)11-8-6-7(10(15)16)12-13-8/h2-6H,1H3,(H,15,16)(H2,11,12,13,14). The number of nitrogens with one attached hydrogen (secondary N) is 2. The quantitative estimate of drug-likeness (QED) is 0.525. The molecule has 1 rings (SSSR count). The average Bonchev–Trinajstić information content (AvgIpc) is 2.66. The number of amides is 1. The first-order chi connectivity index (χ1) is 7.63. The van der Waals surface area contributed by atoms with E-state index in [1.165, 1.54) is 12.1 Å². The minimum Gasteiger partial charge on any atom is -0.477 e. The first-order valence-corrected chi connectivity index (χ1v) is 4.52. The lowest BCUT2D eigenvalue weighted by Gasteiger charge is -1.93. The fourth-order valence-corrected chi connectivity index (χ4v) is 0.917. The SMILES string of the molecule is CC=CC=CC(=O)Nc1cc(C(=O)O)[nH]n1. The number of aromatic carboxylic acids is 1. The second-order valence-corrected chi connectivity index (χ2v) is 2.85. The maximum absolute atomic E-state index is 11.2. The number of carboxylic acids is 1. The van der Waals surface area contributed by atoms with Crippen LogP contribution in [0, 0.1) is 0 Å². The summed E-state index contributed by atoms with van der Waals surface area (Å²) < 4.78 is 0. The number of aromatic nitrogens is 2. The van der Waals surface area contributed by atoms with Crippen molar-refractivity contribution in [3.05, 3.63) is 36.1 Å². The van der Waals surface area contributed by atoms with Gasteiger partial charge in [-0.05, 0) is 6.92 Å². The molecule has 0 aliphatic heterocycles. The molecule has 0 saturated carbocycles. The van der Waals surface area contributed by atoms with Gasteiger partial charge in [-0.15, -0.1) is 0 Å². The van der Waals surface area contributed by atoms with Gasteiger partial charge in [-0.3, -0.25) is 9.89 Å². The third kappa shape index (κ3) is 3.41. The van der Waals surface area contributed by atoms with Gasteiger partial charge >= 0.3 is 5.97 Å². The topological polar surface area (TPSA) is 95.1 Å². The Labute approximate surface area is 91.7 Å². The maximum atomic E-state index is 11.2. The molecule has 0 atom stereocenters. The lowest BCUT2D eigenvalue weighted by Crippen LogP contribution is -2.07. The van der Waals surface area contributed by atoms with Gasteiger partial charge in [-0.1, -0.05) is 18.2 Å². The summed E-state index contributed by atoms with van der Waals surface area (Å²) in [6.07, 6.45) is 6.36. The Hall–Kier alpha value is -2.37. The van der Waals surface area contributed by atoms with Crippen LogP contribution in [-0.2, 0) is 4.79 Å². The number of H-pyrrole nitrogens is 1. The largest absolute Gasteiger partial charge is 0.477 e. The van der Waals surface area contributed by atoms with E-state index in [0.29, 0.717) is 0 Å². The van der Waals surface area contributed by atoms with Crippen LogP contribution in [0.5, 0.6) is 0 Å². The zero-order chi connectivity index (χ0) is 12.0. The van der Waals surface area contributed by atoms with Crippen molar-refractivity contribution in [2.75, 3.05) is 5.32 Å². The molecule has 0 aliphatic carbocycles. The van der Waals surface area contributed by atoms with Crippen LogP contribution in [0.1, 0.15) is 17.4 Å². The number of carbonyl (C=O) groups is 2. The molecule has 0 aliphatic rings. The third-order valence-electron chi connectivity index (χ3n) is 1.61. The first kappa shape index (κ1) is 11.7. The van der Waals surface area contributed by atoms with Crippen molar-refractivity contribution in [1.82, 2.24) is 10.2 Å². The Balaban J connectivity index is 2.59. The normalized spacial score (nSPS) is 11.1. The van der Waals surface area contributed by atoms with Crippen molar-refractivity contribution in [3.63, 3.8) is 0 Å². The molecule has 0 aromatic carbocycles. The van der Waals surface area contributed by atoms with E-state index >= 15 is 0 Å². The fraction of sp³-hybridized carbons (Fsp3) is 0.100. The molecule has 1 aromatic rings. The molecule has 1 heterocycles. The molecule has 0 unspecified atom stereocenters. The lowest BCUT2D eigenvalue weighted by atomic mass is 10.4. The highest BCUT2D eigenvalue weighted by molar-refractivity contribution is 5.99. The number of aromatic amines is 1. The molecule has 1 amide bonds. The zero-order valence-corrected chi connectivity index (χ0v) is 8.60. The van der Waals surface area contributed by atoms with Crippen molar-refractivity contribution >= 4 is 17.7 Å². The van der Waals surface area contributed by atoms with E-state index in [2.05, 4.69) is 15.5 Å². The highest BCUT2D eigenvalue weighted by Crippen LogP contribution is 2.04. The number of hydrogen-bond donors (Lipinski definition) is 3. The first-order valence-electron chi connectivity index (χ1n) is 4.52. The third-order valence-corrected chi connectivity index (χ3v) is 1.61. The van der Waals surface area contributed by atoms with E-state index < -0.39 is 5.97 Å². The van der Waals surface area contributed by atoms with Crippen LogP contribution in [-0.4, -0.2) is 27.2 Å². The Bertz CT molecular complexity index is 446. The van der Waals surface area contributed by atoms with Crippen molar-refractivity contribution in [3.8, 4) is 0 Å². The van der Waals surface area contributed by atoms with Crippen molar-refractivity contribution in [2.45, 2.75) is 6.92 Å². The Morgan fingerprint density at radius 3 is 2.81 bits per heavy atom. The van der Waals surface area contributed by atoms with E-state index in [0.717, 1.165) is 0 Å². The predicted molar refractivity (Wildman–Crippen MR) is 58.1 cm³/mol. The minimum absolute atomic E-state index is 0.0762. The molecule has 16 heavy (non-hydrogen) atoms. The summed E-state index contributed by atoms with van der Waals surface area (Å²) in [7, 11) is 0. The fourth-order valence-electron chi connectivity index (χ4n) is 0.917. The van der Waals surface area contributed by atoms with E-state index in [1.807, 2.05) is 6.92 Å². The molecule has 0 fully saturated rings. The minimum atomic E-state index is -1.13. The van der Waals surface area contributed by atoms with Crippen LogP contribution in [0.25, 0.3) is 0 Å². The van der Waals surface area contributed by atoms with Gasteiger partial charge in [0.1, 0.15) is 5.69 Å². The summed E-state index contributed by atoms with van der Waals surface area (Å²) in [4.78, 5) is 21.7. The van der Waals surface area contributed by atoms with Crippen LogP contribution in [0.2, 0.25) is 0 Å². The van der Waals surface area contributed by atoms with Gasteiger partial charge in [-0.25, -0.2) is 4.79 Å². The molecule has 0 radical (unpaired) electrons. The van der Waals surface area contributed by atoms with Gasteiger partial charge in [0, 0.05) is 12.1 Å². The zero-order valence-electron chi connectivity index (χ0n) is 8.60. The molecular formula is C10H11N3O3. The van der Waals surface area contributed by atoms with E-state index in [4.69, 9.17) is 5.11 Å². The molecule has 3 N–H and O–H groups in total. The van der Waals surface area contributed by atoms with Gasteiger partial charge in [0.15, 0.2) is 5.82 Å². The summed E-state index contributed by atoms with van der Waals surface area (Å²) in [5, 5.41) is 16.9. The second kappa shape index (κ2) is 5.50. The van der Waals surface area contributed by atoms with Gasteiger partial charge in [0.2, 0.25) is 5.91 Å². The van der Waals surface area contributed by atoms with Gasteiger partial charge in [-0.2, -0.15) is 5.10 Å². The van der Waals surface area contributed by atoms with E-state index in [-0.39, 0.29) is 17.4 Å². The molecule has 0 spiro atoms. The number of anilines is 1. The van der Waals surface area contributed by atoms with Crippen molar-refractivity contribution in [1.29, 1.82) is 0 Å². The number of carboxylic acid groups (broad SMARTS) is 1. The monoisotopic (exact) mass is 221 g/mol. The smallest absolute Gasteiger partial charge is 0.353 e. The highest BCUT2D eigenvalue weighted by Gasteiger charge is 2.08. The van der Waals surface area contributed by atoms with E-state index in [1.54, 1.807) is 18.2 Å². The van der Waals surface area contributed by atoms with Gasteiger partial charge in [0.25, 0.3) is 0 Å². The number of carbonyl (C=O) groups excluding carboxylic acids is 1. The molecule has 0 saturated heterocycles. The molecule has 0 bridgehead atoms. The summed E-state index contributed by atoms with van der Waals surface area (Å²) in [5.74, 6) is -1.33. The summed E-state index contributed by atoms with van der Waals surface area (Å²) in [6, 6.07) is 1.24. The molecular weight excluding hydrogens is 210 g/mol. The van der Waals surface area contributed by atoms with Crippen LogP contribution in [0.3, 0.4) is 0 Å².